The molecule has 2 aromatic heterocycles. The van der Waals surface area contributed by atoms with E-state index >= 15 is 0 Å². The number of aliphatic hydroxyl groups is 1. The minimum atomic E-state index is -1.50. The van der Waals surface area contributed by atoms with Crippen LogP contribution in [0, 0.1) is 11.8 Å². The monoisotopic (exact) mass is 717 g/mol. The number of nitrogens with one attached hydrogen (secondary N) is 2. The van der Waals surface area contributed by atoms with Gasteiger partial charge in [-0.25, -0.2) is 23.9 Å². The number of carbonyl (C=O) groups excluding carboxylic acids is 4. The molecule has 2 bridgehead atoms. The van der Waals surface area contributed by atoms with Crippen molar-refractivity contribution in [2.45, 2.75) is 70.9 Å². The summed E-state index contributed by atoms with van der Waals surface area (Å²) in [6, 6.07) is 8.37. The fourth-order valence-corrected chi connectivity index (χ4v) is 6.23. The second kappa shape index (κ2) is 17.7. The number of alkyl halides is 1. The van der Waals surface area contributed by atoms with Gasteiger partial charge in [0, 0.05) is 42.9 Å². The average molecular weight is 718 g/mol. The van der Waals surface area contributed by atoms with Crippen LogP contribution in [0.1, 0.15) is 56.4 Å². The highest BCUT2D eigenvalue weighted by Crippen LogP contribution is 2.26. The number of benzene rings is 1. The lowest BCUT2D eigenvalue weighted by molar-refractivity contribution is -0.159. The second-order valence-electron chi connectivity index (χ2n) is 13.2. The van der Waals surface area contributed by atoms with E-state index in [1.807, 2.05) is 24.3 Å². The minimum absolute atomic E-state index is 0.00830. The number of rotatable bonds is 4. The molecule has 2 aliphatic rings. The van der Waals surface area contributed by atoms with Crippen LogP contribution in [0.2, 0.25) is 0 Å². The molecule has 1 saturated heterocycles. The molecular weight excluding hydrogens is 673 g/mol. The molecule has 1 fully saturated rings. The van der Waals surface area contributed by atoms with Crippen molar-refractivity contribution in [3.05, 3.63) is 90.3 Å². The number of oxazole rings is 1. The Morgan fingerprint density at radius 2 is 2.00 bits per heavy atom. The number of ether oxygens (including phenoxy) is 2. The summed E-state index contributed by atoms with van der Waals surface area (Å²) in [7, 11) is 0. The molecule has 0 saturated carbocycles. The van der Waals surface area contributed by atoms with E-state index in [9.17, 15) is 28.7 Å². The Kier molecular flexibility index (Phi) is 12.9. The normalized spacial score (nSPS) is 26.6. The molecule has 1 aromatic carbocycles. The van der Waals surface area contributed by atoms with E-state index in [1.165, 1.54) is 17.1 Å². The smallest absolute Gasteiger partial charge is 0.412 e. The van der Waals surface area contributed by atoms with Gasteiger partial charge in [-0.15, -0.1) is 0 Å². The Bertz CT molecular complexity index is 1840. The molecule has 3 aromatic rings. The van der Waals surface area contributed by atoms with Crippen LogP contribution in [0.25, 0.3) is 10.8 Å². The number of carbonyl (C=O) groups is 4. The van der Waals surface area contributed by atoms with Crippen molar-refractivity contribution in [2.75, 3.05) is 25.0 Å². The molecular formula is C38H44FN5O8. The molecule has 0 aliphatic carbocycles. The van der Waals surface area contributed by atoms with E-state index in [2.05, 4.69) is 20.6 Å². The van der Waals surface area contributed by atoms with Gasteiger partial charge >= 0.3 is 12.1 Å². The van der Waals surface area contributed by atoms with Crippen molar-refractivity contribution in [2.24, 2.45) is 11.8 Å². The van der Waals surface area contributed by atoms with Crippen molar-refractivity contribution < 1.29 is 42.6 Å². The second-order valence-corrected chi connectivity index (χ2v) is 13.2. The van der Waals surface area contributed by atoms with Gasteiger partial charge in [0.15, 0.2) is 11.6 Å². The Hall–Kier alpha value is -5.37. The van der Waals surface area contributed by atoms with E-state index in [4.69, 9.17) is 13.9 Å². The molecule has 2 aliphatic heterocycles. The molecule has 52 heavy (non-hydrogen) atoms. The largest absolute Gasteiger partial charge is 0.460 e. The highest BCUT2D eigenvalue weighted by molar-refractivity contribution is 5.95. The zero-order chi connectivity index (χ0) is 37.2. The summed E-state index contributed by atoms with van der Waals surface area (Å²) in [5.41, 5.74) is 0.595. The number of aromatic nitrogens is 2. The highest BCUT2D eigenvalue weighted by Gasteiger charge is 2.39. The van der Waals surface area contributed by atoms with Gasteiger partial charge in [0.25, 0.3) is 5.91 Å². The van der Waals surface area contributed by atoms with Crippen molar-refractivity contribution in [1.82, 2.24) is 20.2 Å². The molecule has 276 valence electrons. The number of cyclic esters (lactones) is 1. The number of esters is 1. The van der Waals surface area contributed by atoms with Gasteiger partial charge in [0.05, 0.1) is 19.1 Å². The van der Waals surface area contributed by atoms with Crippen LogP contribution >= 0.6 is 0 Å². The molecule has 0 spiro atoms. The van der Waals surface area contributed by atoms with Crippen molar-refractivity contribution >= 4 is 40.5 Å². The van der Waals surface area contributed by atoms with Crippen LogP contribution in [-0.2, 0) is 25.5 Å². The zero-order valence-corrected chi connectivity index (χ0v) is 29.4. The topological polar surface area (TPSA) is 173 Å². The molecule has 6 atom stereocenters. The highest BCUT2D eigenvalue weighted by atomic mass is 19.1. The number of pyridine rings is 1. The first-order valence-corrected chi connectivity index (χ1v) is 17.3. The summed E-state index contributed by atoms with van der Waals surface area (Å²) < 4.78 is 31.8. The van der Waals surface area contributed by atoms with Crippen LogP contribution in [0.4, 0.5) is 15.0 Å². The molecule has 5 rings (SSSR count). The summed E-state index contributed by atoms with van der Waals surface area (Å²) in [5.74, 6) is -2.38. The number of allylic oxidation sites excluding steroid dienone is 2. The van der Waals surface area contributed by atoms with E-state index in [0.717, 1.165) is 17.0 Å². The van der Waals surface area contributed by atoms with Gasteiger partial charge < -0.3 is 29.2 Å². The summed E-state index contributed by atoms with van der Waals surface area (Å²) in [6.45, 7) is 5.57. The first-order chi connectivity index (χ1) is 25.0. The number of anilines is 1. The van der Waals surface area contributed by atoms with Gasteiger partial charge in [-0.3, -0.25) is 14.9 Å². The van der Waals surface area contributed by atoms with Crippen LogP contribution < -0.4 is 10.6 Å². The van der Waals surface area contributed by atoms with Gasteiger partial charge in [0.1, 0.15) is 30.4 Å². The minimum Gasteiger partial charge on any atom is -0.460 e. The number of fused-ring (bicyclic) bond motifs is 4. The molecule has 4 heterocycles. The third-order valence-corrected chi connectivity index (χ3v) is 8.90. The maximum Gasteiger partial charge on any atom is 0.412 e. The van der Waals surface area contributed by atoms with E-state index in [1.54, 1.807) is 51.3 Å². The number of hydrogen-bond donors (Lipinski definition) is 3. The molecule has 3 amide bonds. The summed E-state index contributed by atoms with van der Waals surface area (Å²) >= 11 is 0. The maximum atomic E-state index is 14.8. The Morgan fingerprint density at radius 3 is 2.81 bits per heavy atom. The molecule has 3 N–H and O–H groups in total. The van der Waals surface area contributed by atoms with E-state index < -0.39 is 60.1 Å². The predicted octanol–water partition coefficient (Wildman–Crippen LogP) is 5.08. The third-order valence-electron chi connectivity index (χ3n) is 8.90. The summed E-state index contributed by atoms with van der Waals surface area (Å²) in [6.07, 6.45) is 6.82. The molecule has 0 radical (unpaired) electrons. The van der Waals surface area contributed by atoms with Crippen LogP contribution in [0.5, 0.6) is 0 Å². The zero-order valence-electron chi connectivity index (χ0n) is 29.4. The van der Waals surface area contributed by atoms with Crippen LogP contribution in [0.15, 0.2) is 83.2 Å². The quantitative estimate of drug-likeness (QED) is 0.309. The first-order valence-electron chi connectivity index (χ1n) is 17.3. The lowest BCUT2D eigenvalue weighted by Gasteiger charge is -2.30. The van der Waals surface area contributed by atoms with Crippen LogP contribution in [0.3, 0.4) is 0 Å². The van der Waals surface area contributed by atoms with Crippen molar-refractivity contribution in [1.29, 1.82) is 0 Å². The standard InChI is InChI=1S/C38H44FN5O8/c1-23-8-6-14-40-33(46)13-12-24(2)35(25(3)21-51-38(49)43-32-17-26-9-4-5-10-27(26)20-41-32)52-37(48)31-11-7-15-44(31)36(47)30-22-50-34(42-30)19-28(39)18-29(45)16-23/h4-6,8-10,12-13,16-17,20,22,24-25,28-29,31,35,45H,7,11,14-15,18-19,21H2,1-3H3,(H,40,46)(H,41,43,49)/b8-6+,13-12+,23-16+/t24-,25-,28-,29-,31-,35+/m1/s1. The Labute approximate surface area is 301 Å². The first kappa shape index (κ1) is 37.9. The SMILES string of the molecule is CC1=C\[C@@H](O)C[C@@H](F)Cc2nc(co2)C(=O)N2CCC[C@@H]2C(=O)O[C@H]([C@H](C)COC(=O)Nc2cc3ccccc3cn2)[C@H](C)/C=C/C(=O)NC\C=C\1. The molecule has 0 unspecified atom stereocenters. The van der Waals surface area contributed by atoms with Gasteiger partial charge in [-0.2, -0.15) is 0 Å². The van der Waals surface area contributed by atoms with Gasteiger partial charge in [-0.1, -0.05) is 68.0 Å². The van der Waals surface area contributed by atoms with E-state index in [-0.39, 0.29) is 44.1 Å². The van der Waals surface area contributed by atoms with Gasteiger partial charge in [0.2, 0.25) is 5.91 Å². The number of nitrogens with zero attached hydrogens (tertiary/aromatic N) is 3. The van der Waals surface area contributed by atoms with Crippen molar-refractivity contribution in [3.8, 4) is 0 Å². The number of amides is 3. The predicted molar refractivity (Wildman–Crippen MR) is 190 cm³/mol. The van der Waals surface area contributed by atoms with Crippen LogP contribution in [-0.4, -0.2) is 88.0 Å². The summed E-state index contributed by atoms with van der Waals surface area (Å²) in [5, 5.41) is 17.5. The molecule has 13 nitrogen and oxygen atoms in total. The number of hydrogen-bond acceptors (Lipinski definition) is 10. The maximum absolute atomic E-state index is 14.8. The Balaban J connectivity index is 1.32. The number of halogens is 1. The fraction of sp³-hybridized carbons (Fsp3) is 0.421. The van der Waals surface area contributed by atoms with Gasteiger partial charge in [-0.05, 0) is 37.3 Å². The fourth-order valence-electron chi connectivity index (χ4n) is 6.23. The Morgan fingerprint density at radius 1 is 1.21 bits per heavy atom. The lowest BCUT2D eigenvalue weighted by Crippen LogP contribution is -2.44. The summed E-state index contributed by atoms with van der Waals surface area (Å²) in [4.78, 5) is 62.4. The lowest BCUT2D eigenvalue weighted by atomic mass is 9.93. The van der Waals surface area contributed by atoms with E-state index in [0.29, 0.717) is 24.2 Å². The molecule has 14 heteroatoms. The van der Waals surface area contributed by atoms with Crippen molar-refractivity contribution in [3.63, 3.8) is 0 Å². The third kappa shape index (κ3) is 10.3. The number of aliphatic hydroxyl groups excluding tert-OH is 1. The average Bonchev–Trinajstić information content (AvgIpc) is 3.80.